The van der Waals surface area contributed by atoms with E-state index in [0.29, 0.717) is 5.75 Å². The van der Waals surface area contributed by atoms with Crippen LogP contribution < -0.4 is 0 Å². The van der Waals surface area contributed by atoms with Crippen LogP contribution in [0.1, 0.15) is 30.0 Å². The zero-order valence-electron chi connectivity index (χ0n) is 12.5. The molecule has 0 amide bonds. The normalized spacial score (nSPS) is 11.0. The second-order valence-corrected chi connectivity index (χ2v) is 5.31. The summed E-state index contributed by atoms with van der Waals surface area (Å²) in [6.07, 6.45) is 1.07. The van der Waals surface area contributed by atoms with Crippen LogP contribution in [0.25, 0.3) is 0 Å². The lowest BCUT2D eigenvalue weighted by Gasteiger charge is -2.22. The third kappa shape index (κ3) is 4.59. The van der Waals surface area contributed by atoms with Gasteiger partial charge in [0.1, 0.15) is 5.75 Å². The van der Waals surface area contributed by atoms with Crippen molar-refractivity contribution in [3.8, 4) is 5.75 Å². The van der Waals surface area contributed by atoms with Gasteiger partial charge in [0, 0.05) is 18.7 Å². The summed E-state index contributed by atoms with van der Waals surface area (Å²) in [7, 11) is 0. The molecule has 0 spiro atoms. The minimum atomic E-state index is 0.0802. The SMILES string of the molecule is CCCN(Cc1ccc(CO)cc1)Cc1ccccc1O. The molecule has 0 aliphatic heterocycles. The number of phenols is 1. The van der Waals surface area contributed by atoms with E-state index in [4.69, 9.17) is 5.11 Å². The van der Waals surface area contributed by atoms with Crippen LogP contribution in [0, 0.1) is 0 Å². The van der Waals surface area contributed by atoms with Gasteiger partial charge in [-0.05, 0) is 30.2 Å². The van der Waals surface area contributed by atoms with Crippen molar-refractivity contribution in [3.63, 3.8) is 0 Å². The van der Waals surface area contributed by atoms with Crippen molar-refractivity contribution in [3.05, 3.63) is 65.2 Å². The van der Waals surface area contributed by atoms with Crippen molar-refractivity contribution >= 4 is 0 Å². The van der Waals surface area contributed by atoms with Crippen LogP contribution in [0.5, 0.6) is 5.75 Å². The van der Waals surface area contributed by atoms with Crippen LogP contribution in [0.4, 0.5) is 0 Å². The lowest BCUT2D eigenvalue weighted by Crippen LogP contribution is -2.23. The van der Waals surface area contributed by atoms with Crippen LogP contribution in [0.2, 0.25) is 0 Å². The fourth-order valence-electron chi connectivity index (χ4n) is 2.42. The molecule has 0 saturated heterocycles. The molecule has 0 unspecified atom stereocenters. The van der Waals surface area contributed by atoms with Crippen LogP contribution in [-0.2, 0) is 19.7 Å². The molecule has 0 aliphatic rings. The van der Waals surface area contributed by atoms with E-state index in [0.717, 1.165) is 37.2 Å². The second-order valence-electron chi connectivity index (χ2n) is 5.31. The van der Waals surface area contributed by atoms with Crippen molar-refractivity contribution in [2.75, 3.05) is 6.54 Å². The number of hydrogen-bond donors (Lipinski definition) is 2. The molecule has 0 bridgehead atoms. The molecule has 0 radical (unpaired) electrons. The molecule has 2 aromatic rings. The number of benzene rings is 2. The van der Waals surface area contributed by atoms with Gasteiger partial charge in [-0.25, -0.2) is 0 Å². The van der Waals surface area contributed by atoms with Gasteiger partial charge in [0.25, 0.3) is 0 Å². The van der Waals surface area contributed by atoms with Crippen molar-refractivity contribution in [2.24, 2.45) is 0 Å². The smallest absolute Gasteiger partial charge is 0.120 e. The molecule has 0 saturated carbocycles. The Bertz CT molecular complexity index is 551. The van der Waals surface area contributed by atoms with E-state index in [2.05, 4.69) is 24.0 Å². The predicted molar refractivity (Wildman–Crippen MR) is 84.9 cm³/mol. The molecule has 0 aliphatic carbocycles. The molecule has 0 atom stereocenters. The molecule has 0 fully saturated rings. The summed E-state index contributed by atoms with van der Waals surface area (Å²) in [6, 6.07) is 15.5. The summed E-state index contributed by atoms with van der Waals surface area (Å²) < 4.78 is 0. The van der Waals surface area contributed by atoms with Gasteiger partial charge in [-0.15, -0.1) is 0 Å². The van der Waals surface area contributed by atoms with Gasteiger partial charge in [0.15, 0.2) is 0 Å². The Morgan fingerprint density at radius 3 is 2.19 bits per heavy atom. The molecular weight excluding hydrogens is 262 g/mol. The molecule has 0 aromatic heterocycles. The van der Waals surface area contributed by atoms with E-state index in [1.807, 2.05) is 30.3 Å². The van der Waals surface area contributed by atoms with Crippen molar-refractivity contribution < 1.29 is 10.2 Å². The van der Waals surface area contributed by atoms with Gasteiger partial charge in [-0.1, -0.05) is 49.4 Å². The van der Waals surface area contributed by atoms with E-state index < -0.39 is 0 Å². The molecule has 21 heavy (non-hydrogen) atoms. The van der Waals surface area contributed by atoms with Gasteiger partial charge in [-0.2, -0.15) is 0 Å². The average Bonchev–Trinajstić information content (AvgIpc) is 2.50. The van der Waals surface area contributed by atoms with Gasteiger partial charge in [0.05, 0.1) is 6.61 Å². The number of para-hydroxylation sites is 1. The largest absolute Gasteiger partial charge is 0.508 e. The highest BCUT2D eigenvalue weighted by Gasteiger charge is 2.09. The van der Waals surface area contributed by atoms with E-state index in [-0.39, 0.29) is 6.61 Å². The minimum absolute atomic E-state index is 0.0802. The third-order valence-corrected chi connectivity index (χ3v) is 3.54. The summed E-state index contributed by atoms with van der Waals surface area (Å²) in [5.41, 5.74) is 3.11. The maximum absolute atomic E-state index is 9.91. The molecule has 2 aromatic carbocycles. The number of aromatic hydroxyl groups is 1. The fourth-order valence-corrected chi connectivity index (χ4v) is 2.42. The van der Waals surface area contributed by atoms with E-state index >= 15 is 0 Å². The molecule has 3 nitrogen and oxygen atoms in total. The molecule has 2 N–H and O–H groups in total. The van der Waals surface area contributed by atoms with E-state index in [1.165, 1.54) is 5.56 Å². The summed E-state index contributed by atoms with van der Waals surface area (Å²) in [4.78, 5) is 2.32. The van der Waals surface area contributed by atoms with Crippen molar-refractivity contribution in [1.82, 2.24) is 4.90 Å². The first-order valence-corrected chi connectivity index (χ1v) is 7.41. The number of nitrogens with zero attached hydrogens (tertiary/aromatic N) is 1. The predicted octanol–water partition coefficient (Wildman–Crippen LogP) is 3.30. The lowest BCUT2D eigenvalue weighted by molar-refractivity contribution is 0.253. The Kier molecular flexibility index (Phi) is 5.78. The Morgan fingerprint density at radius 1 is 0.905 bits per heavy atom. The summed E-state index contributed by atoms with van der Waals surface area (Å²) >= 11 is 0. The summed E-state index contributed by atoms with van der Waals surface area (Å²) in [5.74, 6) is 0.356. The van der Waals surface area contributed by atoms with Crippen molar-refractivity contribution in [1.29, 1.82) is 0 Å². The first kappa shape index (κ1) is 15.5. The monoisotopic (exact) mass is 285 g/mol. The Morgan fingerprint density at radius 2 is 1.57 bits per heavy atom. The summed E-state index contributed by atoms with van der Waals surface area (Å²) in [6.45, 7) is 4.80. The maximum Gasteiger partial charge on any atom is 0.120 e. The first-order chi connectivity index (χ1) is 10.2. The average molecular weight is 285 g/mol. The van der Waals surface area contributed by atoms with Crippen LogP contribution in [-0.4, -0.2) is 21.7 Å². The zero-order valence-corrected chi connectivity index (χ0v) is 12.5. The molecule has 0 heterocycles. The van der Waals surface area contributed by atoms with Gasteiger partial charge >= 0.3 is 0 Å². The Labute approximate surface area is 126 Å². The molecule has 2 rings (SSSR count). The first-order valence-electron chi connectivity index (χ1n) is 7.41. The highest BCUT2D eigenvalue weighted by atomic mass is 16.3. The van der Waals surface area contributed by atoms with E-state index in [9.17, 15) is 5.11 Å². The van der Waals surface area contributed by atoms with E-state index in [1.54, 1.807) is 6.07 Å². The summed E-state index contributed by atoms with van der Waals surface area (Å²) in [5, 5.41) is 19.0. The van der Waals surface area contributed by atoms with Crippen LogP contribution >= 0.6 is 0 Å². The standard InChI is InChI=1S/C18H23NO2/c1-2-11-19(13-17-5-3-4-6-18(17)21)12-15-7-9-16(14-20)10-8-15/h3-10,20-21H,2,11-14H2,1H3. The lowest BCUT2D eigenvalue weighted by atomic mass is 10.1. The fraction of sp³-hybridized carbons (Fsp3) is 0.333. The molecule has 112 valence electrons. The highest BCUT2D eigenvalue weighted by Crippen LogP contribution is 2.19. The van der Waals surface area contributed by atoms with Crippen LogP contribution in [0.15, 0.2) is 48.5 Å². The number of phenolic OH excluding ortho intramolecular Hbond substituents is 1. The number of aliphatic hydroxyl groups excluding tert-OH is 1. The number of rotatable bonds is 7. The second kappa shape index (κ2) is 7.81. The van der Waals surface area contributed by atoms with Crippen LogP contribution in [0.3, 0.4) is 0 Å². The number of hydrogen-bond acceptors (Lipinski definition) is 3. The minimum Gasteiger partial charge on any atom is -0.508 e. The van der Waals surface area contributed by atoms with Gasteiger partial charge in [0.2, 0.25) is 0 Å². The number of aliphatic hydroxyl groups is 1. The van der Waals surface area contributed by atoms with Gasteiger partial charge in [-0.3, -0.25) is 4.90 Å². The Hall–Kier alpha value is -1.84. The zero-order chi connectivity index (χ0) is 15.1. The quantitative estimate of drug-likeness (QED) is 0.820. The van der Waals surface area contributed by atoms with Gasteiger partial charge < -0.3 is 10.2 Å². The van der Waals surface area contributed by atoms with Crippen molar-refractivity contribution in [2.45, 2.75) is 33.0 Å². The third-order valence-electron chi connectivity index (χ3n) is 3.54. The topological polar surface area (TPSA) is 43.7 Å². The molecule has 3 heteroatoms. The Balaban J connectivity index is 2.06. The highest BCUT2D eigenvalue weighted by molar-refractivity contribution is 5.31. The molecular formula is C18H23NO2. The maximum atomic E-state index is 9.91.